The maximum atomic E-state index is 13.1. The molecule has 0 aliphatic heterocycles. The Labute approximate surface area is 233 Å². The standard InChI is InChI=1S/C31H25F3N4O3/c32-31(33,34)22-6-3-4-20(18-22)8-15-28-35-16-17-38(28)24-12-10-23(11-13-24)36-26-14-9-21-5-1-2-7-25(21)29(26)37-27(19-39)30(40)41/h1-7,9-14,16-19,27,36-37H,8,15H2,(H,40,41)/p-1. The summed E-state index contributed by atoms with van der Waals surface area (Å²) in [5.74, 6) is -0.834. The molecule has 1 aromatic heterocycles. The first-order valence-corrected chi connectivity index (χ1v) is 12.7. The summed E-state index contributed by atoms with van der Waals surface area (Å²) in [6.07, 6.45) is 0.155. The summed E-state index contributed by atoms with van der Waals surface area (Å²) in [7, 11) is 0. The first kappa shape index (κ1) is 27.4. The molecular weight excluding hydrogens is 533 g/mol. The average Bonchev–Trinajstić information content (AvgIpc) is 3.44. The van der Waals surface area contributed by atoms with E-state index in [4.69, 9.17) is 0 Å². The van der Waals surface area contributed by atoms with Crippen LogP contribution in [0.1, 0.15) is 17.0 Å². The molecule has 208 valence electrons. The van der Waals surface area contributed by atoms with Crippen LogP contribution in [0.15, 0.2) is 97.3 Å². The van der Waals surface area contributed by atoms with Crippen molar-refractivity contribution in [3.05, 3.63) is 114 Å². The van der Waals surface area contributed by atoms with Gasteiger partial charge in [0.2, 0.25) is 0 Å². The molecule has 41 heavy (non-hydrogen) atoms. The molecule has 5 aromatic rings. The number of hydrogen-bond donors (Lipinski definition) is 2. The molecule has 0 fully saturated rings. The van der Waals surface area contributed by atoms with E-state index in [1.165, 1.54) is 6.07 Å². The van der Waals surface area contributed by atoms with Gasteiger partial charge in [-0.1, -0.05) is 48.5 Å². The monoisotopic (exact) mass is 557 g/mol. The van der Waals surface area contributed by atoms with Crippen molar-refractivity contribution in [2.45, 2.75) is 25.1 Å². The number of fused-ring (bicyclic) bond motifs is 1. The van der Waals surface area contributed by atoms with Gasteiger partial charge in [0.25, 0.3) is 0 Å². The summed E-state index contributed by atoms with van der Waals surface area (Å²) < 4.78 is 41.1. The molecule has 4 aromatic carbocycles. The molecule has 1 unspecified atom stereocenters. The van der Waals surface area contributed by atoms with E-state index in [1.807, 2.05) is 59.2 Å². The number of alkyl halides is 3. The van der Waals surface area contributed by atoms with Gasteiger partial charge in [0.15, 0.2) is 0 Å². The number of benzene rings is 4. The summed E-state index contributed by atoms with van der Waals surface area (Å²) in [6, 6.07) is 22.2. The number of carboxylic acids is 1. The van der Waals surface area contributed by atoms with Crippen LogP contribution in [0.4, 0.5) is 30.2 Å². The molecule has 2 N–H and O–H groups in total. The first-order chi connectivity index (χ1) is 19.7. The predicted octanol–water partition coefficient (Wildman–Crippen LogP) is 5.30. The topological polar surface area (TPSA) is 99.1 Å². The van der Waals surface area contributed by atoms with E-state index in [1.54, 1.807) is 24.5 Å². The fourth-order valence-electron chi connectivity index (χ4n) is 4.61. The van der Waals surface area contributed by atoms with Gasteiger partial charge in [-0.05, 0) is 53.8 Å². The van der Waals surface area contributed by atoms with Crippen molar-refractivity contribution in [1.29, 1.82) is 0 Å². The minimum absolute atomic E-state index is 0.283. The van der Waals surface area contributed by atoms with E-state index >= 15 is 0 Å². The molecule has 0 saturated heterocycles. The molecule has 5 rings (SSSR count). The molecule has 1 atom stereocenters. The minimum atomic E-state index is -4.39. The van der Waals surface area contributed by atoms with Gasteiger partial charge < -0.3 is 29.9 Å². The second kappa shape index (κ2) is 11.5. The molecule has 1 heterocycles. The number of aldehydes is 1. The van der Waals surface area contributed by atoms with Crippen LogP contribution in [0.5, 0.6) is 0 Å². The molecule has 10 heteroatoms. The Morgan fingerprint density at radius 2 is 1.76 bits per heavy atom. The highest BCUT2D eigenvalue weighted by molar-refractivity contribution is 6.04. The van der Waals surface area contributed by atoms with Gasteiger partial charge >= 0.3 is 6.18 Å². The zero-order valence-electron chi connectivity index (χ0n) is 21.6. The van der Waals surface area contributed by atoms with Crippen molar-refractivity contribution >= 4 is 40.1 Å². The molecule has 0 radical (unpaired) electrons. The maximum Gasteiger partial charge on any atom is 0.416 e. The molecule has 0 saturated carbocycles. The average molecular weight is 558 g/mol. The molecular formula is C31H24F3N4O3-. The number of aryl methyl sites for hydroxylation is 2. The molecule has 7 nitrogen and oxygen atoms in total. The third-order valence-corrected chi connectivity index (χ3v) is 6.65. The van der Waals surface area contributed by atoms with Crippen LogP contribution in [0.3, 0.4) is 0 Å². The van der Waals surface area contributed by atoms with E-state index in [-0.39, 0.29) is 6.29 Å². The summed E-state index contributed by atoms with van der Waals surface area (Å²) in [6.45, 7) is 0. The van der Waals surface area contributed by atoms with Crippen LogP contribution in [-0.2, 0) is 28.6 Å². The number of nitrogens with zero attached hydrogens (tertiary/aromatic N) is 2. The Balaban J connectivity index is 1.35. The van der Waals surface area contributed by atoms with Gasteiger partial charge in [-0.2, -0.15) is 13.2 Å². The number of carbonyl (C=O) groups excluding carboxylic acids is 2. The third-order valence-electron chi connectivity index (χ3n) is 6.65. The fraction of sp³-hybridized carbons (Fsp3) is 0.129. The number of halogens is 3. The number of aliphatic carboxylic acids is 1. The van der Waals surface area contributed by atoms with Crippen molar-refractivity contribution < 1.29 is 27.9 Å². The minimum Gasteiger partial charge on any atom is -0.547 e. The molecule has 0 spiro atoms. The van der Waals surface area contributed by atoms with Gasteiger partial charge in [-0.3, -0.25) is 0 Å². The Morgan fingerprint density at radius 1 is 0.976 bits per heavy atom. The lowest BCUT2D eigenvalue weighted by molar-refractivity contribution is -0.305. The predicted molar refractivity (Wildman–Crippen MR) is 148 cm³/mol. The maximum absolute atomic E-state index is 13.1. The van der Waals surface area contributed by atoms with E-state index in [0.717, 1.165) is 28.6 Å². The van der Waals surface area contributed by atoms with Crippen LogP contribution in [-0.4, -0.2) is 27.8 Å². The van der Waals surface area contributed by atoms with Gasteiger partial charge in [-0.25, -0.2) is 4.98 Å². The normalized spacial score (nSPS) is 12.2. The first-order valence-electron chi connectivity index (χ1n) is 12.7. The van der Waals surface area contributed by atoms with Crippen LogP contribution < -0.4 is 15.7 Å². The van der Waals surface area contributed by atoms with Gasteiger partial charge in [0.1, 0.15) is 18.2 Å². The summed E-state index contributed by atoms with van der Waals surface area (Å²) in [4.78, 5) is 27.2. The van der Waals surface area contributed by atoms with E-state index < -0.39 is 23.8 Å². The van der Waals surface area contributed by atoms with E-state index in [2.05, 4.69) is 15.6 Å². The lowest BCUT2D eigenvalue weighted by atomic mass is 10.1. The van der Waals surface area contributed by atoms with Crippen molar-refractivity contribution in [2.24, 2.45) is 0 Å². The molecule has 0 amide bonds. The van der Waals surface area contributed by atoms with Crippen LogP contribution in [0, 0.1) is 0 Å². The number of carboxylic acid groups (broad SMARTS) is 1. The second-order valence-corrected chi connectivity index (χ2v) is 9.37. The zero-order valence-corrected chi connectivity index (χ0v) is 21.6. The number of carbonyl (C=O) groups is 2. The van der Waals surface area contributed by atoms with Crippen molar-refractivity contribution in [3.8, 4) is 5.69 Å². The van der Waals surface area contributed by atoms with Crippen molar-refractivity contribution in [1.82, 2.24) is 9.55 Å². The summed E-state index contributed by atoms with van der Waals surface area (Å²) in [5.41, 5.74) is 2.42. The number of aromatic nitrogens is 2. The molecule has 0 aliphatic rings. The number of hydrogen-bond acceptors (Lipinski definition) is 6. The number of nitrogens with one attached hydrogen (secondary N) is 2. The van der Waals surface area contributed by atoms with Crippen molar-refractivity contribution in [3.63, 3.8) is 0 Å². The van der Waals surface area contributed by atoms with Gasteiger partial charge in [0.05, 0.1) is 22.9 Å². The largest absolute Gasteiger partial charge is 0.547 e. The number of rotatable bonds is 10. The fourth-order valence-corrected chi connectivity index (χ4v) is 4.61. The second-order valence-electron chi connectivity index (χ2n) is 9.37. The third kappa shape index (κ3) is 6.22. The summed E-state index contributed by atoms with van der Waals surface area (Å²) >= 11 is 0. The SMILES string of the molecule is O=CC(Nc1c(Nc2ccc(-n3ccnc3CCc3cccc(C(F)(F)F)c3)cc2)ccc2ccccc12)C(=O)[O-]. The smallest absolute Gasteiger partial charge is 0.416 e. The lowest BCUT2D eigenvalue weighted by Crippen LogP contribution is -2.42. The Kier molecular flexibility index (Phi) is 7.73. The van der Waals surface area contributed by atoms with Crippen molar-refractivity contribution in [2.75, 3.05) is 10.6 Å². The Bertz CT molecular complexity index is 1700. The van der Waals surface area contributed by atoms with Crippen LogP contribution in [0.25, 0.3) is 16.5 Å². The highest BCUT2D eigenvalue weighted by atomic mass is 19.4. The highest BCUT2D eigenvalue weighted by Crippen LogP contribution is 2.34. The van der Waals surface area contributed by atoms with E-state index in [9.17, 15) is 27.9 Å². The highest BCUT2D eigenvalue weighted by Gasteiger charge is 2.30. The van der Waals surface area contributed by atoms with Gasteiger partial charge in [-0.15, -0.1) is 0 Å². The van der Waals surface area contributed by atoms with Crippen LogP contribution in [0.2, 0.25) is 0 Å². The number of imidazole rings is 1. The zero-order chi connectivity index (χ0) is 29.0. The Hall–Kier alpha value is -5.12. The number of anilines is 3. The van der Waals surface area contributed by atoms with E-state index in [0.29, 0.717) is 41.3 Å². The quantitative estimate of drug-likeness (QED) is 0.179. The Morgan fingerprint density at radius 3 is 2.49 bits per heavy atom. The lowest BCUT2D eigenvalue weighted by Gasteiger charge is -2.21. The molecule has 0 bridgehead atoms. The molecule has 0 aliphatic carbocycles. The summed E-state index contributed by atoms with van der Waals surface area (Å²) in [5, 5.41) is 19.1. The van der Waals surface area contributed by atoms with Crippen LogP contribution >= 0.6 is 0 Å². The van der Waals surface area contributed by atoms with Gasteiger partial charge in [0, 0.05) is 35.6 Å².